The van der Waals surface area contributed by atoms with Crippen molar-refractivity contribution in [3.05, 3.63) is 70.8 Å². The lowest BCUT2D eigenvalue weighted by Crippen LogP contribution is -2.52. The van der Waals surface area contributed by atoms with E-state index in [2.05, 4.69) is 67.7 Å². The third-order valence-electron chi connectivity index (χ3n) is 12.2. The SMILES string of the molecule is CCCCCCCCCCCc1ccc(CCCC(CCOC(C)=O)(COC(C)=O)NC(C)=O)cc1.CCCCCCCCCCCc1ccc(CCCC(N)(CO)CCO)cc1. The number of unbranched alkanes of at least 4 members (excludes halogenated alkanes) is 16. The lowest BCUT2D eigenvalue weighted by Gasteiger charge is -2.34. The molecule has 9 heteroatoms. The Hall–Kier alpha value is -3.27. The quantitative estimate of drug-likeness (QED) is 0.0387. The molecular weight excluding hydrogens is 789 g/mol. The van der Waals surface area contributed by atoms with Crippen molar-refractivity contribution in [1.82, 2.24) is 5.32 Å². The van der Waals surface area contributed by atoms with Crippen molar-refractivity contribution >= 4 is 17.8 Å². The molecule has 2 rings (SSSR count). The number of hydrogen-bond acceptors (Lipinski definition) is 8. The molecule has 0 radical (unpaired) electrons. The molecule has 0 heterocycles. The zero-order valence-corrected chi connectivity index (χ0v) is 40.8. The van der Waals surface area contributed by atoms with Crippen LogP contribution in [0.2, 0.25) is 0 Å². The summed E-state index contributed by atoms with van der Waals surface area (Å²) in [4.78, 5) is 34.6. The first-order chi connectivity index (χ1) is 30.4. The van der Waals surface area contributed by atoms with Gasteiger partial charge in [0.15, 0.2) is 0 Å². The van der Waals surface area contributed by atoms with Gasteiger partial charge >= 0.3 is 11.9 Å². The molecule has 2 aromatic carbocycles. The number of nitrogens with two attached hydrogens (primary N) is 1. The van der Waals surface area contributed by atoms with E-state index < -0.39 is 17.0 Å². The topological polar surface area (TPSA) is 148 Å². The fraction of sp³-hybridized carbons (Fsp3) is 0.722. The van der Waals surface area contributed by atoms with Gasteiger partial charge in [-0.2, -0.15) is 0 Å². The van der Waals surface area contributed by atoms with Gasteiger partial charge in [-0.05, 0) is 92.9 Å². The second kappa shape index (κ2) is 37.0. The van der Waals surface area contributed by atoms with Gasteiger partial charge in [0.2, 0.25) is 5.91 Å². The number of esters is 2. The van der Waals surface area contributed by atoms with Gasteiger partial charge in [-0.1, -0.05) is 165 Å². The van der Waals surface area contributed by atoms with Crippen molar-refractivity contribution in [2.75, 3.05) is 26.4 Å². The van der Waals surface area contributed by atoms with E-state index in [0.717, 1.165) is 38.5 Å². The van der Waals surface area contributed by atoms with Crippen molar-refractivity contribution in [3.8, 4) is 0 Å². The molecule has 63 heavy (non-hydrogen) atoms. The lowest BCUT2D eigenvalue weighted by atomic mass is 9.88. The van der Waals surface area contributed by atoms with Gasteiger partial charge in [0, 0.05) is 39.3 Å². The molecule has 0 saturated carbocycles. The molecule has 2 atom stereocenters. The Labute approximate surface area is 384 Å². The normalized spacial score (nSPS) is 13.0. The third kappa shape index (κ3) is 31.3. The Morgan fingerprint density at radius 2 is 0.873 bits per heavy atom. The number of rotatable bonds is 37. The van der Waals surface area contributed by atoms with Gasteiger partial charge in [0.25, 0.3) is 0 Å². The number of hydrogen-bond donors (Lipinski definition) is 4. The largest absolute Gasteiger partial charge is 0.466 e. The van der Waals surface area contributed by atoms with Gasteiger partial charge in [-0.25, -0.2) is 0 Å². The molecule has 9 nitrogen and oxygen atoms in total. The van der Waals surface area contributed by atoms with E-state index in [0.29, 0.717) is 19.3 Å². The predicted octanol–water partition coefficient (Wildman–Crippen LogP) is 11.6. The number of amides is 1. The zero-order valence-electron chi connectivity index (χ0n) is 40.8. The Kier molecular flexibility index (Phi) is 33.9. The summed E-state index contributed by atoms with van der Waals surface area (Å²) < 4.78 is 10.4. The second-order valence-corrected chi connectivity index (χ2v) is 18.3. The highest BCUT2D eigenvalue weighted by Gasteiger charge is 2.32. The van der Waals surface area contributed by atoms with Crippen LogP contribution >= 0.6 is 0 Å². The zero-order chi connectivity index (χ0) is 46.4. The maximum absolute atomic E-state index is 11.9. The number of ether oxygens (including phenoxy) is 2. The van der Waals surface area contributed by atoms with E-state index in [9.17, 15) is 19.5 Å². The van der Waals surface area contributed by atoms with E-state index in [1.54, 1.807) is 0 Å². The van der Waals surface area contributed by atoms with E-state index in [-0.39, 0.29) is 38.3 Å². The van der Waals surface area contributed by atoms with Crippen LogP contribution in [0, 0.1) is 0 Å². The Morgan fingerprint density at radius 1 is 0.508 bits per heavy atom. The number of benzene rings is 2. The number of aliphatic hydroxyl groups is 2. The molecule has 0 aliphatic rings. The summed E-state index contributed by atoms with van der Waals surface area (Å²) in [7, 11) is 0. The minimum atomic E-state index is -0.761. The fourth-order valence-electron chi connectivity index (χ4n) is 8.24. The molecule has 0 aliphatic carbocycles. The highest BCUT2D eigenvalue weighted by molar-refractivity contribution is 5.74. The first-order valence-electron chi connectivity index (χ1n) is 25.1. The summed E-state index contributed by atoms with van der Waals surface area (Å²) in [6, 6.07) is 17.8. The Balaban J connectivity index is 0.000000656. The van der Waals surface area contributed by atoms with Crippen LogP contribution in [0.25, 0.3) is 0 Å². The number of carbonyl (C=O) groups is 3. The third-order valence-corrected chi connectivity index (χ3v) is 12.2. The summed E-state index contributed by atoms with van der Waals surface area (Å²) in [5.41, 5.74) is 10.1. The Morgan fingerprint density at radius 3 is 1.22 bits per heavy atom. The van der Waals surface area contributed by atoms with Gasteiger partial charge in [-0.3, -0.25) is 14.4 Å². The standard InChI is InChI=1S/C30H49NO5.C24H43NO2/c1-5-6-7-8-9-10-11-12-13-15-28-17-19-29(20-18-28)16-14-21-30(31-25(2)32,24-36-27(4)34)22-23-35-26(3)33;1-2-3-4-5-6-7-8-9-10-12-22-14-16-23(17-15-22)13-11-18-24(25,21-27)19-20-26/h17-20H,5-16,21-24H2,1-4H3,(H,31,32);14-17,26-27H,2-13,18-21,25H2,1H3. The minimum absolute atomic E-state index is 0.0324. The van der Waals surface area contributed by atoms with Crippen LogP contribution in [0.15, 0.2) is 48.5 Å². The molecule has 0 saturated heterocycles. The van der Waals surface area contributed by atoms with E-state index in [1.165, 1.54) is 165 Å². The van der Waals surface area contributed by atoms with Crippen LogP contribution in [-0.2, 0) is 49.5 Å². The molecule has 0 aromatic heterocycles. The van der Waals surface area contributed by atoms with Crippen LogP contribution in [0.4, 0.5) is 0 Å². The second-order valence-electron chi connectivity index (χ2n) is 18.3. The van der Waals surface area contributed by atoms with Crippen LogP contribution in [0.5, 0.6) is 0 Å². The maximum Gasteiger partial charge on any atom is 0.302 e. The number of aryl methyl sites for hydroxylation is 4. The van der Waals surface area contributed by atoms with Crippen molar-refractivity contribution in [3.63, 3.8) is 0 Å². The van der Waals surface area contributed by atoms with Crippen LogP contribution in [-0.4, -0.2) is 65.6 Å². The summed E-state index contributed by atoms with van der Waals surface area (Å²) in [5.74, 6) is -0.979. The number of carbonyl (C=O) groups excluding carboxylic acids is 3. The average molecular weight is 881 g/mol. The van der Waals surface area contributed by atoms with Gasteiger partial charge in [0.1, 0.15) is 6.61 Å². The summed E-state index contributed by atoms with van der Waals surface area (Å²) >= 11 is 0. The Bertz CT molecular complexity index is 1430. The van der Waals surface area contributed by atoms with Gasteiger partial charge < -0.3 is 30.7 Å². The monoisotopic (exact) mass is 881 g/mol. The molecule has 0 spiro atoms. The van der Waals surface area contributed by atoms with Gasteiger partial charge in [0.05, 0.1) is 18.8 Å². The van der Waals surface area contributed by atoms with Crippen molar-refractivity contribution in [1.29, 1.82) is 0 Å². The fourth-order valence-corrected chi connectivity index (χ4v) is 8.24. The van der Waals surface area contributed by atoms with Gasteiger partial charge in [-0.15, -0.1) is 0 Å². The molecule has 360 valence electrons. The van der Waals surface area contributed by atoms with Crippen LogP contribution < -0.4 is 11.1 Å². The predicted molar refractivity (Wildman–Crippen MR) is 261 cm³/mol. The molecule has 0 fully saturated rings. The molecule has 2 aromatic rings. The number of nitrogens with one attached hydrogen (secondary N) is 1. The summed E-state index contributed by atoms with van der Waals surface area (Å²) in [5, 5.41) is 21.4. The molecule has 1 amide bonds. The molecule has 0 bridgehead atoms. The highest BCUT2D eigenvalue weighted by Crippen LogP contribution is 2.23. The van der Waals surface area contributed by atoms with Crippen molar-refractivity contribution < 1.29 is 34.1 Å². The lowest BCUT2D eigenvalue weighted by molar-refractivity contribution is -0.147. The summed E-state index contributed by atoms with van der Waals surface area (Å²) in [6.07, 6.45) is 32.5. The molecule has 5 N–H and O–H groups in total. The molecular formula is C54H92N2O7. The van der Waals surface area contributed by atoms with Crippen LogP contribution in [0.1, 0.15) is 211 Å². The first-order valence-corrected chi connectivity index (χ1v) is 25.1. The maximum atomic E-state index is 11.9. The van der Waals surface area contributed by atoms with E-state index >= 15 is 0 Å². The van der Waals surface area contributed by atoms with Crippen molar-refractivity contribution in [2.45, 2.75) is 225 Å². The smallest absolute Gasteiger partial charge is 0.302 e. The van der Waals surface area contributed by atoms with E-state index in [4.69, 9.17) is 20.3 Å². The number of aliphatic hydroxyl groups excluding tert-OH is 2. The first kappa shape index (κ1) is 57.7. The molecule has 0 aliphatic heterocycles. The minimum Gasteiger partial charge on any atom is -0.466 e. The summed E-state index contributed by atoms with van der Waals surface area (Å²) in [6.45, 7) is 8.86. The average Bonchev–Trinajstić information content (AvgIpc) is 3.25. The van der Waals surface area contributed by atoms with Crippen molar-refractivity contribution in [2.24, 2.45) is 5.73 Å². The van der Waals surface area contributed by atoms with E-state index in [1.807, 2.05) is 0 Å². The highest BCUT2D eigenvalue weighted by atomic mass is 16.5. The molecule has 2 unspecified atom stereocenters. The van der Waals surface area contributed by atoms with Crippen LogP contribution in [0.3, 0.4) is 0 Å².